The first-order valence-corrected chi connectivity index (χ1v) is 18.4. The van der Waals surface area contributed by atoms with Crippen LogP contribution in [0.1, 0.15) is 58.1 Å². The van der Waals surface area contributed by atoms with E-state index in [1.807, 2.05) is 16.8 Å². The minimum atomic E-state index is -2.65. The Labute approximate surface area is 281 Å². The average molecular weight is 698 g/mol. The van der Waals surface area contributed by atoms with E-state index in [0.717, 1.165) is 30.3 Å². The maximum atomic E-state index is 9.50. The Morgan fingerprint density at radius 3 is 2.24 bits per heavy atom. The number of rotatable bonds is 13. The first kappa shape index (κ1) is 33.3. The van der Waals surface area contributed by atoms with E-state index in [1.54, 1.807) is 19.5 Å². The maximum absolute atomic E-state index is 9.50. The van der Waals surface area contributed by atoms with E-state index in [0.29, 0.717) is 40.4 Å². The van der Waals surface area contributed by atoms with Crippen LogP contribution in [-0.2, 0) is 11.0 Å². The molecule has 1 N–H and O–H groups in total. The van der Waals surface area contributed by atoms with E-state index in [-0.39, 0.29) is 11.1 Å². The number of hydrogen-bond donors (Lipinski definition) is 1. The fraction of sp³-hybridized carbons (Fsp3) is 0.333. The standard InChI is InChI=1S/C36H41BrN6O2Si/c1-6-13-28(20-21-45-46(36(2,3)4,29-14-9-7-10-15-29)30-16-11-8-12-17-30)41-35-33-32(39-25-40-35)34(37)42-43(33)24-27-22-26(23-38)18-19-31(27)44-5/h7-12,14-19,22,25,28H,6,13,20-21,24H2,1-5H3,(H,39,40,41)/t28-/m0/s1. The highest BCUT2D eigenvalue weighted by atomic mass is 79.9. The molecule has 8 nitrogen and oxygen atoms in total. The smallest absolute Gasteiger partial charge is 0.261 e. The SMILES string of the molecule is CCC[C@@H](CCO[Si](c1ccccc1)(c1ccccc1)C(C)(C)C)Nc1ncnc2c(Br)nn(Cc3cc(C#N)ccc3OC)c12. The molecule has 0 radical (unpaired) electrons. The monoisotopic (exact) mass is 696 g/mol. The Morgan fingerprint density at radius 1 is 0.978 bits per heavy atom. The van der Waals surface area contributed by atoms with Gasteiger partial charge in [0, 0.05) is 18.2 Å². The third kappa shape index (κ3) is 6.87. The second kappa shape index (κ2) is 14.6. The zero-order valence-corrected chi connectivity index (χ0v) is 29.7. The van der Waals surface area contributed by atoms with Crippen LogP contribution >= 0.6 is 15.9 Å². The molecule has 2 aromatic heterocycles. The second-order valence-corrected chi connectivity index (χ2v) is 17.5. The van der Waals surface area contributed by atoms with E-state index in [1.165, 1.54) is 10.4 Å². The summed E-state index contributed by atoms with van der Waals surface area (Å²) in [5.41, 5.74) is 2.90. The van der Waals surface area contributed by atoms with Crippen molar-refractivity contribution in [3.8, 4) is 11.8 Å². The molecule has 0 bridgehead atoms. The molecule has 0 saturated carbocycles. The Morgan fingerprint density at radius 2 is 1.65 bits per heavy atom. The van der Waals surface area contributed by atoms with Crippen molar-refractivity contribution < 1.29 is 9.16 Å². The summed E-state index contributed by atoms with van der Waals surface area (Å²) < 4.78 is 15.3. The Balaban J connectivity index is 1.45. The van der Waals surface area contributed by atoms with Crippen LogP contribution in [0.2, 0.25) is 5.04 Å². The van der Waals surface area contributed by atoms with Gasteiger partial charge < -0.3 is 14.5 Å². The highest BCUT2D eigenvalue weighted by Gasteiger charge is 2.50. The molecule has 0 saturated heterocycles. The topological polar surface area (TPSA) is 97.9 Å². The summed E-state index contributed by atoms with van der Waals surface area (Å²) >= 11 is 3.60. The van der Waals surface area contributed by atoms with Crippen molar-refractivity contribution in [3.05, 3.63) is 101 Å². The molecule has 0 spiro atoms. The van der Waals surface area contributed by atoms with Crippen LogP contribution in [0.3, 0.4) is 0 Å². The molecule has 46 heavy (non-hydrogen) atoms. The molecule has 0 aliphatic heterocycles. The van der Waals surface area contributed by atoms with Crippen LogP contribution in [0.15, 0.2) is 89.8 Å². The molecule has 5 rings (SSSR count). The van der Waals surface area contributed by atoms with Crippen molar-refractivity contribution >= 4 is 51.5 Å². The van der Waals surface area contributed by atoms with Crippen molar-refractivity contribution in [1.29, 1.82) is 5.26 Å². The minimum absolute atomic E-state index is 0.0924. The number of aromatic nitrogens is 4. The largest absolute Gasteiger partial charge is 0.496 e. The lowest BCUT2D eigenvalue weighted by Gasteiger charge is -2.43. The average Bonchev–Trinajstić information content (AvgIpc) is 3.38. The number of hydrogen-bond acceptors (Lipinski definition) is 7. The lowest BCUT2D eigenvalue weighted by atomic mass is 10.1. The minimum Gasteiger partial charge on any atom is -0.496 e. The molecule has 0 fully saturated rings. The van der Waals surface area contributed by atoms with Crippen LogP contribution < -0.4 is 20.4 Å². The third-order valence-electron chi connectivity index (χ3n) is 8.39. The van der Waals surface area contributed by atoms with Gasteiger partial charge in [-0.25, -0.2) is 9.97 Å². The van der Waals surface area contributed by atoms with E-state index in [4.69, 9.17) is 19.2 Å². The van der Waals surface area contributed by atoms with E-state index >= 15 is 0 Å². The second-order valence-electron chi connectivity index (χ2n) is 12.4. The molecular weight excluding hydrogens is 656 g/mol. The highest BCUT2D eigenvalue weighted by Crippen LogP contribution is 2.37. The van der Waals surface area contributed by atoms with Crippen molar-refractivity contribution in [1.82, 2.24) is 19.7 Å². The molecule has 3 aromatic carbocycles. The van der Waals surface area contributed by atoms with Crippen LogP contribution in [-0.4, -0.2) is 47.8 Å². The quantitative estimate of drug-likeness (QED) is 0.132. The van der Waals surface area contributed by atoms with Gasteiger partial charge in [-0.05, 0) is 62.4 Å². The van der Waals surface area contributed by atoms with Gasteiger partial charge in [0.1, 0.15) is 23.1 Å². The zero-order valence-electron chi connectivity index (χ0n) is 27.1. The van der Waals surface area contributed by atoms with Gasteiger partial charge in [-0.1, -0.05) is 94.8 Å². The number of benzene rings is 3. The van der Waals surface area contributed by atoms with Crippen LogP contribution in [0.25, 0.3) is 11.0 Å². The molecular formula is C36H41BrN6O2Si. The summed E-state index contributed by atoms with van der Waals surface area (Å²) in [6.45, 7) is 10.1. The van der Waals surface area contributed by atoms with Gasteiger partial charge in [-0.3, -0.25) is 4.68 Å². The molecule has 2 heterocycles. The lowest BCUT2D eigenvalue weighted by molar-refractivity contribution is 0.281. The Bertz CT molecular complexity index is 1760. The molecule has 0 amide bonds. The summed E-state index contributed by atoms with van der Waals surface area (Å²) in [6.07, 6.45) is 4.33. The van der Waals surface area contributed by atoms with Crippen molar-refractivity contribution in [3.63, 3.8) is 0 Å². The first-order valence-electron chi connectivity index (χ1n) is 15.7. The van der Waals surface area contributed by atoms with Crippen molar-refractivity contribution in [2.45, 2.75) is 64.6 Å². The number of nitrogens with zero attached hydrogens (tertiary/aromatic N) is 5. The summed E-state index contributed by atoms with van der Waals surface area (Å²) in [5.74, 6) is 1.40. The Hall–Kier alpha value is -4.04. The van der Waals surface area contributed by atoms with Crippen LogP contribution in [0, 0.1) is 11.3 Å². The number of nitriles is 1. The summed E-state index contributed by atoms with van der Waals surface area (Å²) in [7, 11) is -1.02. The van der Waals surface area contributed by atoms with Crippen LogP contribution in [0.5, 0.6) is 5.75 Å². The zero-order chi connectivity index (χ0) is 32.7. The summed E-state index contributed by atoms with van der Waals surface area (Å²) in [6, 6.07) is 29.2. The fourth-order valence-electron chi connectivity index (χ4n) is 6.28. The first-order chi connectivity index (χ1) is 22.2. The van der Waals surface area contributed by atoms with Gasteiger partial charge >= 0.3 is 0 Å². The fourth-order valence-corrected chi connectivity index (χ4v) is 11.3. The van der Waals surface area contributed by atoms with Gasteiger partial charge in [-0.15, -0.1) is 0 Å². The molecule has 1 atom stereocenters. The number of halogens is 1. The number of fused-ring (bicyclic) bond motifs is 1. The third-order valence-corrected chi connectivity index (χ3v) is 14.0. The lowest BCUT2D eigenvalue weighted by Crippen LogP contribution is -2.66. The molecule has 10 heteroatoms. The van der Waals surface area contributed by atoms with Crippen molar-refractivity contribution in [2.24, 2.45) is 0 Å². The molecule has 0 aliphatic carbocycles. The van der Waals surface area contributed by atoms with Gasteiger partial charge in [0.15, 0.2) is 10.4 Å². The van der Waals surface area contributed by atoms with Gasteiger partial charge in [0.2, 0.25) is 0 Å². The predicted molar refractivity (Wildman–Crippen MR) is 190 cm³/mol. The van der Waals surface area contributed by atoms with E-state index < -0.39 is 8.32 Å². The van der Waals surface area contributed by atoms with Crippen LogP contribution in [0.4, 0.5) is 5.82 Å². The number of nitrogens with one attached hydrogen (secondary N) is 1. The summed E-state index contributed by atoms with van der Waals surface area (Å²) in [4.78, 5) is 9.23. The highest BCUT2D eigenvalue weighted by molar-refractivity contribution is 9.10. The normalized spacial score (nSPS) is 12.5. The van der Waals surface area contributed by atoms with Gasteiger partial charge in [-0.2, -0.15) is 10.4 Å². The van der Waals surface area contributed by atoms with Gasteiger partial charge in [0.05, 0.1) is 25.3 Å². The Kier molecular flexibility index (Phi) is 10.6. The maximum Gasteiger partial charge on any atom is 0.261 e. The number of methoxy groups -OCH3 is 1. The number of anilines is 1. The molecule has 0 unspecified atom stereocenters. The van der Waals surface area contributed by atoms with E-state index in [9.17, 15) is 5.26 Å². The summed E-state index contributed by atoms with van der Waals surface area (Å²) in [5, 5.41) is 20.4. The molecule has 238 valence electrons. The van der Waals surface area contributed by atoms with E-state index in [2.05, 4.69) is 121 Å². The number of ether oxygens (including phenoxy) is 1. The van der Waals surface area contributed by atoms with Gasteiger partial charge in [0.25, 0.3) is 8.32 Å². The molecule has 0 aliphatic rings. The predicted octanol–water partition coefficient (Wildman–Crippen LogP) is 7.06. The molecule has 5 aromatic rings. The van der Waals surface area contributed by atoms with Crippen molar-refractivity contribution in [2.75, 3.05) is 19.0 Å².